The first-order valence-electron chi connectivity index (χ1n) is 9.54. The topological polar surface area (TPSA) is 65.3 Å². The Balaban J connectivity index is 1.51. The minimum absolute atomic E-state index is 0.281. The summed E-state index contributed by atoms with van der Waals surface area (Å²) in [6.07, 6.45) is 9.44. The summed E-state index contributed by atoms with van der Waals surface area (Å²) in [5.41, 5.74) is 0.912. The van der Waals surface area contributed by atoms with Crippen LogP contribution in [-0.4, -0.2) is 44.6 Å². The molecule has 0 aliphatic carbocycles. The van der Waals surface area contributed by atoms with Gasteiger partial charge in [0.15, 0.2) is 0 Å². The van der Waals surface area contributed by atoms with Crippen molar-refractivity contribution in [3.63, 3.8) is 0 Å². The van der Waals surface area contributed by atoms with Gasteiger partial charge in [-0.05, 0) is 31.5 Å². The molecule has 0 bridgehead atoms. The smallest absolute Gasteiger partial charge is 0.241 e. The molecule has 7 heteroatoms. The molecule has 1 atom stereocenters. The lowest BCUT2D eigenvalue weighted by atomic mass is 9.94. The summed E-state index contributed by atoms with van der Waals surface area (Å²) in [7, 11) is 3.68. The van der Waals surface area contributed by atoms with Gasteiger partial charge in [0.1, 0.15) is 23.0 Å². The lowest BCUT2D eigenvalue weighted by Crippen LogP contribution is -2.35. The molecule has 1 fully saturated rings. The number of methoxy groups -OCH3 is 1. The highest BCUT2D eigenvalue weighted by Gasteiger charge is 2.26. The summed E-state index contributed by atoms with van der Waals surface area (Å²) >= 11 is 0. The summed E-state index contributed by atoms with van der Waals surface area (Å²) in [6, 6.07) is 7.54. The predicted molar refractivity (Wildman–Crippen MR) is 106 cm³/mol. The van der Waals surface area contributed by atoms with Crippen LogP contribution >= 0.6 is 0 Å². The molecule has 0 amide bonds. The van der Waals surface area contributed by atoms with E-state index >= 15 is 0 Å². The second kappa shape index (κ2) is 8.39. The molecule has 2 aromatic heterocycles. The van der Waals surface area contributed by atoms with Gasteiger partial charge in [0.25, 0.3) is 0 Å². The zero-order chi connectivity index (χ0) is 19.3. The monoisotopic (exact) mass is 379 g/mol. The van der Waals surface area contributed by atoms with Crippen LogP contribution in [0.2, 0.25) is 0 Å². The Labute approximate surface area is 165 Å². The van der Waals surface area contributed by atoms with Gasteiger partial charge in [-0.15, -0.1) is 0 Å². The second-order valence-corrected chi connectivity index (χ2v) is 7.06. The average molecular weight is 379 g/mol. The number of rotatable bonds is 6. The molecule has 0 radical (unpaired) electrons. The molecule has 3 heterocycles. The van der Waals surface area contributed by atoms with Gasteiger partial charge in [-0.25, -0.2) is 9.97 Å². The second-order valence-electron chi connectivity index (χ2n) is 7.06. The van der Waals surface area contributed by atoms with Gasteiger partial charge in [-0.3, -0.25) is 9.88 Å². The zero-order valence-electron chi connectivity index (χ0n) is 16.3. The Bertz CT molecular complexity index is 926. The minimum Gasteiger partial charge on any atom is -0.497 e. The standard InChI is InChI=1S/C21H25N5O2/c1-25-12-10-22-19(25)15-26-11-4-5-16(14-26)20-21(24-9-8-23-20)28-18-7-3-6-17(13-18)27-2/h3,6-10,12-13,16H,4-5,11,14-15H2,1-2H3/t16-/m1/s1. The molecule has 4 rings (SSSR count). The fourth-order valence-corrected chi connectivity index (χ4v) is 3.64. The molecule has 0 spiro atoms. The minimum atomic E-state index is 0.281. The van der Waals surface area contributed by atoms with E-state index in [9.17, 15) is 0 Å². The van der Waals surface area contributed by atoms with Crippen molar-refractivity contribution in [2.24, 2.45) is 7.05 Å². The lowest BCUT2D eigenvalue weighted by Gasteiger charge is -2.32. The number of aryl methyl sites for hydroxylation is 1. The quantitative estimate of drug-likeness (QED) is 0.654. The largest absolute Gasteiger partial charge is 0.497 e. The van der Waals surface area contributed by atoms with Crippen LogP contribution in [0.4, 0.5) is 0 Å². The third kappa shape index (κ3) is 4.14. The highest BCUT2D eigenvalue weighted by molar-refractivity contribution is 5.36. The molecule has 1 aliphatic heterocycles. The van der Waals surface area contributed by atoms with E-state index < -0.39 is 0 Å². The fourth-order valence-electron chi connectivity index (χ4n) is 3.64. The molecule has 0 N–H and O–H groups in total. The van der Waals surface area contributed by atoms with Crippen molar-refractivity contribution >= 4 is 0 Å². The summed E-state index contributed by atoms with van der Waals surface area (Å²) in [6.45, 7) is 2.82. The average Bonchev–Trinajstić information content (AvgIpc) is 3.13. The number of piperidine rings is 1. The number of ether oxygens (including phenoxy) is 2. The van der Waals surface area contributed by atoms with E-state index in [4.69, 9.17) is 9.47 Å². The predicted octanol–water partition coefficient (Wildman–Crippen LogP) is 3.39. The molecule has 0 unspecified atom stereocenters. The van der Waals surface area contributed by atoms with E-state index in [1.165, 1.54) is 0 Å². The van der Waals surface area contributed by atoms with Crippen LogP contribution in [-0.2, 0) is 13.6 Å². The van der Waals surface area contributed by atoms with Crippen molar-refractivity contribution < 1.29 is 9.47 Å². The van der Waals surface area contributed by atoms with Crippen LogP contribution in [0.3, 0.4) is 0 Å². The van der Waals surface area contributed by atoms with Crippen LogP contribution in [0.1, 0.15) is 30.3 Å². The molecule has 7 nitrogen and oxygen atoms in total. The van der Waals surface area contributed by atoms with E-state index in [1.807, 2.05) is 43.7 Å². The highest BCUT2D eigenvalue weighted by Crippen LogP contribution is 2.33. The molecule has 1 saturated heterocycles. The van der Waals surface area contributed by atoms with E-state index in [0.717, 1.165) is 49.7 Å². The Morgan fingerprint density at radius 2 is 1.96 bits per heavy atom. The highest BCUT2D eigenvalue weighted by atomic mass is 16.5. The van der Waals surface area contributed by atoms with Gasteiger partial charge in [0.05, 0.1) is 13.7 Å². The normalized spacial score (nSPS) is 17.4. The Morgan fingerprint density at radius 1 is 1.11 bits per heavy atom. The summed E-state index contributed by atoms with van der Waals surface area (Å²) in [4.78, 5) is 16.0. The zero-order valence-corrected chi connectivity index (χ0v) is 16.3. The maximum atomic E-state index is 6.08. The van der Waals surface area contributed by atoms with Crippen molar-refractivity contribution in [1.29, 1.82) is 0 Å². The van der Waals surface area contributed by atoms with E-state index in [1.54, 1.807) is 19.5 Å². The number of hydrogen-bond donors (Lipinski definition) is 0. The van der Waals surface area contributed by atoms with Crippen LogP contribution in [0.5, 0.6) is 17.4 Å². The van der Waals surface area contributed by atoms with Gasteiger partial charge >= 0.3 is 0 Å². The van der Waals surface area contributed by atoms with Crippen molar-refractivity contribution in [2.45, 2.75) is 25.3 Å². The first-order valence-corrected chi connectivity index (χ1v) is 9.54. The molecule has 1 aliphatic rings. The molecular formula is C21H25N5O2. The Hall–Kier alpha value is -2.93. The Kier molecular flexibility index (Phi) is 5.53. The van der Waals surface area contributed by atoms with Gasteiger partial charge < -0.3 is 14.0 Å². The number of hydrogen-bond acceptors (Lipinski definition) is 6. The van der Waals surface area contributed by atoms with Crippen LogP contribution in [0, 0.1) is 0 Å². The van der Waals surface area contributed by atoms with Crippen LogP contribution in [0.15, 0.2) is 49.1 Å². The Morgan fingerprint density at radius 3 is 2.79 bits per heavy atom. The number of imidazole rings is 1. The summed E-state index contributed by atoms with van der Waals surface area (Å²) < 4.78 is 13.4. The van der Waals surface area contributed by atoms with Gasteiger partial charge in [0.2, 0.25) is 5.88 Å². The molecule has 1 aromatic carbocycles. The van der Waals surface area contributed by atoms with E-state index in [0.29, 0.717) is 11.6 Å². The van der Waals surface area contributed by atoms with E-state index in [-0.39, 0.29) is 5.92 Å². The number of aromatic nitrogens is 4. The van der Waals surface area contributed by atoms with Crippen LogP contribution < -0.4 is 9.47 Å². The SMILES string of the molecule is COc1cccc(Oc2nccnc2[C@@H]2CCCN(Cc3nccn3C)C2)c1. The molecule has 146 valence electrons. The van der Waals surface area contributed by atoms with Crippen molar-refractivity contribution in [1.82, 2.24) is 24.4 Å². The molecule has 0 saturated carbocycles. The van der Waals surface area contributed by atoms with Crippen molar-refractivity contribution in [2.75, 3.05) is 20.2 Å². The van der Waals surface area contributed by atoms with Gasteiger partial charge in [-0.1, -0.05) is 6.07 Å². The molecular weight excluding hydrogens is 354 g/mol. The maximum absolute atomic E-state index is 6.08. The van der Waals surface area contributed by atoms with Crippen molar-refractivity contribution in [3.8, 4) is 17.4 Å². The van der Waals surface area contributed by atoms with Crippen LogP contribution in [0.25, 0.3) is 0 Å². The summed E-state index contributed by atoms with van der Waals surface area (Å²) in [5, 5.41) is 0. The first kappa shape index (κ1) is 18.4. The van der Waals surface area contributed by atoms with Gasteiger partial charge in [0, 0.05) is 50.4 Å². The third-order valence-electron chi connectivity index (χ3n) is 5.13. The number of nitrogens with zero attached hydrogens (tertiary/aromatic N) is 5. The fraction of sp³-hybridized carbons (Fsp3) is 0.381. The molecule has 28 heavy (non-hydrogen) atoms. The lowest BCUT2D eigenvalue weighted by molar-refractivity contribution is 0.191. The number of benzene rings is 1. The summed E-state index contributed by atoms with van der Waals surface area (Å²) in [5.74, 6) is 3.37. The van der Waals surface area contributed by atoms with Crippen molar-refractivity contribution in [3.05, 3.63) is 60.6 Å². The van der Waals surface area contributed by atoms with Gasteiger partial charge in [-0.2, -0.15) is 0 Å². The van der Waals surface area contributed by atoms with E-state index in [2.05, 4.69) is 24.4 Å². The maximum Gasteiger partial charge on any atom is 0.241 e. The number of likely N-dealkylation sites (tertiary alicyclic amines) is 1. The first-order chi connectivity index (χ1) is 13.7. The molecule has 3 aromatic rings. The third-order valence-corrected chi connectivity index (χ3v) is 5.13.